The maximum absolute atomic E-state index is 11.0. The number of hydrogen-bond acceptors (Lipinski definition) is 5. The highest BCUT2D eigenvalue weighted by molar-refractivity contribution is 5.84. The Kier molecular flexibility index (Phi) is 4.28. The number of nitrogens with one attached hydrogen (secondary N) is 2. The minimum Gasteiger partial charge on any atom is -0.453 e. The van der Waals surface area contributed by atoms with E-state index in [9.17, 15) is 4.79 Å². The number of carbonyl (C=O) groups excluding carboxylic acids is 1. The number of amides is 1. The van der Waals surface area contributed by atoms with Gasteiger partial charge in [-0.3, -0.25) is 10.3 Å². The van der Waals surface area contributed by atoms with Crippen molar-refractivity contribution in [3.63, 3.8) is 0 Å². The van der Waals surface area contributed by atoms with Crippen LogP contribution in [-0.2, 0) is 11.3 Å². The van der Waals surface area contributed by atoms with Crippen molar-refractivity contribution in [1.29, 1.82) is 0 Å². The van der Waals surface area contributed by atoms with Crippen LogP contribution in [0.3, 0.4) is 0 Å². The molecule has 1 amide bonds. The number of anilines is 2. The first kappa shape index (κ1) is 12.8. The van der Waals surface area contributed by atoms with Gasteiger partial charge in [-0.1, -0.05) is 0 Å². The van der Waals surface area contributed by atoms with E-state index >= 15 is 0 Å². The van der Waals surface area contributed by atoms with Crippen molar-refractivity contribution in [1.82, 2.24) is 9.97 Å². The number of carbonyl (C=O) groups is 1. The zero-order chi connectivity index (χ0) is 13.5. The second kappa shape index (κ2) is 6.34. The number of pyridine rings is 2. The lowest BCUT2D eigenvalue weighted by Gasteiger charge is -2.07. The van der Waals surface area contributed by atoms with E-state index in [1.807, 2.05) is 12.1 Å². The molecule has 0 saturated heterocycles. The average Bonchev–Trinajstić information content (AvgIpc) is 2.47. The second-order valence-electron chi connectivity index (χ2n) is 3.76. The highest BCUT2D eigenvalue weighted by Gasteiger charge is 2.01. The molecule has 2 aromatic rings. The van der Waals surface area contributed by atoms with Crippen molar-refractivity contribution < 1.29 is 9.53 Å². The average molecular weight is 258 g/mol. The Morgan fingerprint density at radius 2 is 2.05 bits per heavy atom. The van der Waals surface area contributed by atoms with Crippen LogP contribution in [0.2, 0.25) is 0 Å². The zero-order valence-electron chi connectivity index (χ0n) is 10.5. The van der Waals surface area contributed by atoms with E-state index in [2.05, 4.69) is 25.3 Å². The van der Waals surface area contributed by atoms with E-state index in [0.29, 0.717) is 12.2 Å². The van der Waals surface area contributed by atoms with Gasteiger partial charge in [-0.25, -0.2) is 9.78 Å². The predicted molar refractivity (Wildman–Crippen MR) is 71.8 cm³/mol. The predicted octanol–water partition coefficient (Wildman–Crippen LogP) is 2.27. The molecular weight excluding hydrogens is 244 g/mol. The summed E-state index contributed by atoms with van der Waals surface area (Å²) < 4.78 is 4.49. The van der Waals surface area contributed by atoms with Gasteiger partial charge in [0.25, 0.3) is 0 Å². The van der Waals surface area contributed by atoms with Crippen molar-refractivity contribution >= 4 is 17.6 Å². The summed E-state index contributed by atoms with van der Waals surface area (Å²) in [5.74, 6) is 0.729. The quantitative estimate of drug-likeness (QED) is 0.879. The van der Waals surface area contributed by atoms with Crippen LogP contribution in [-0.4, -0.2) is 23.2 Å². The van der Waals surface area contributed by atoms with Crippen LogP contribution in [0.4, 0.5) is 16.3 Å². The minimum atomic E-state index is -0.515. The number of ether oxygens (including phenoxy) is 1. The molecule has 2 heterocycles. The van der Waals surface area contributed by atoms with Crippen LogP contribution in [0.15, 0.2) is 42.9 Å². The summed E-state index contributed by atoms with van der Waals surface area (Å²) in [6.45, 7) is 0.666. The molecule has 6 nitrogen and oxygen atoms in total. The van der Waals surface area contributed by atoms with Crippen LogP contribution < -0.4 is 10.6 Å². The normalized spacial score (nSPS) is 9.74. The number of rotatable bonds is 4. The molecule has 19 heavy (non-hydrogen) atoms. The Bertz CT molecular complexity index is 528. The van der Waals surface area contributed by atoms with Crippen LogP contribution in [0.5, 0.6) is 0 Å². The first-order chi connectivity index (χ1) is 9.28. The van der Waals surface area contributed by atoms with Gasteiger partial charge in [-0.15, -0.1) is 0 Å². The third-order valence-corrected chi connectivity index (χ3v) is 2.42. The largest absolute Gasteiger partial charge is 0.453 e. The van der Waals surface area contributed by atoms with Gasteiger partial charge < -0.3 is 10.1 Å². The molecule has 98 valence electrons. The van der Waals surface area contributed by atoms with E-state index in [1.54, 1.807) is 30.7 Å². The highest BCUT2D eigenvalue weighted by atomic mass is 16.5. The van der Waals surface area contributed by atoms with Gasteiger partial charge in [0, 0.05) is 18.9 Å². The van der Waals surface area contributed by atoms with Crippen LogP contribution in [0, 0.1) is 0 Å². The third-order valence-electron chi connectivity index (χ3n) is 2.42. The molecule has 0 unspecified atom stereocenters. The topological polar surface area (TPSA) is 76.1 Å². The van der Waals surface area contributed by atoms with E-state index in [-0.39, 0.29) is 0 Å². The Labute approximate surface area is 110 Å². The van der Waals surface area contributed by atoms with Gasteiger partial charge in [-0.2, -0.15) is 0 Å². The molecule has 0 bridgehead atoms. The molecule has 0 atom stereocenters. The molecule has 0 aromatic carbocycles. The summed E-state index contributed by atoms with van der Waals surface area (Å²) in [6, 6.07) is 7.39. The smallest absolute Gasteiger partial charge is 0.411 e. The SMILES string of the molecule is COC(=O)Nc1ccc(NCc2ccncc2)nc1. The van der Waals surface area contributed by atoms with Crippen molar-refractivity contribution in [2.75, 3.05) is 17.7 Å². The van der Waals surface area contributed by atoms with Gasteiger partial charge in [0.05, 0.1) is 19.0 Å². The number of methoxy groups -OCH3 is 1. The van der Waals surface area contributed by atoms with E-state index in [1.165, 1.54) is 7.11 Å². The second-order valence-corrected chi connectivity index (χ2v) is 3.76. The van der Waals surface area contributed by atoms with Gasteiger partial charge >= 0.3 is 6.09 Å². The summed E-state index contributed by atoms with van der Waals surface area (Å²) >= 11 is 0. The molecule has 0 aliphatic rings. The maximum atomic E-state index is 11.0. The standard InChI is InChI=1S/C13H14N4O2/c1-19-13(18)17-11-2-3-12(16-9-11)15-8-10-4-6-14-7-5-10/h2-7,9H,8H2,1H3,(H,15,16)(H,17,18). The highest BCUT2D eigenvalue weighted by Crippen LogP contribution is 2.11. The maximum Gasteiger partial charge on any atom is 0.411 e. The molecule has 0 spiro atoms. The molecule has 0 aliphatic carbocycles. The lowest BCUT2D eigenvalue weighted by Crippen LogP contribution is -2.11. The van der Waals surface area contributed by atoms with Crippen LogP contribution in [0.1, 0.15) is 5.56 Å². The lowest BCUT2D eigenvalue weighted by molar-refractivity contribution is 0.187. The molecule has 0 fully saturated rings. The molecule has 0 aliphatic heterocycles. The fourth-order valence-corrected chi connectivity index (χ4v) is 1.43. The Morgan fingerprint density at radius 1 is 1.26 bits per heavy atom. The van der Waals surface area contributed by atoms with Crippen molar-refractivity contribution in [2.45, 2.75) is 6.54 Å². The molecule has 6 heteroatoms. The number of aromatic nitrogens is 2. The van der Waals surface area contributed by atoms with Gasteiger partial charge in [0.15, 0.2) is 0 Å². The van der Waals surface area contributed by atoms with Crippen molar-refractivity contribution in [2.24, 2.45) is 0 Å². The fourth-order valence-electron chi connectivity index (χ4n) is 1.43. The van der Waals surface area contributed by atoms with Gasteiger partial charge in [0.2, 0.25) is 0 Å². The van der Waals surface area contributed by atoms with Gasteiger partial charge in [-0.05, 0) is 29.8 Å². The minimum absolute atomic E-state index is 0.515. The zero-order valence-corrected chi connectivity index (χ0v) is 10.5. The molecular formula is C13H14N4O2. The van der Waals surface area contributed by atoms with E-state index < -0.39 is 6.09 Å². The molecule has 2 rings (SSSR count). The number of hydrogen-bond donors (Lipinski definition) is 2. The van der Waals surface area contributed by atoms with Crippen molar-refractivity contribution in [3.8, 4) is 0 Å². The first-order valence-corrected chi connectivity index (χ1v) is 5.72. The molecule has 0 saturated carbocycles. The van der Waals surface area contributed by atoms with Crippen LogP contribution >= 0.6 is 0 Å². The number of nitrogens with zero attached hydrogens (tertiary/aromatic N) is 2. The van der Waals surface area contributed by atoms with Crippen molar-refractivity contribution in [3.05, 3.63) is 48.4 Å². The molecule has 0 radical (unpaired) electrons. The summed E-state index contributed by atoms with van der Waals surface area (Å²) in [4.78, 5) is 19.1. The Hall–Kier alpha value is -2.63. The molecule has 2 aromatic heterocycles. The third kappa shape index (κ3) is 3.95. The summed E-state index contributed by atoms with van der Waals surface area (Å²) in [5, 5.41) is 5.71. The summed E-state index contributed by atoms with van der Waals surface area (Å²) in [5.41, 5.74) is 1.70. The van der Waals surface area contributed by atoms with E-state index in [0.717, 1.165) is 11.4 Å². The summed E-state index contributed by atoms with van der Waals surface area (Å²) in [7, 11) is 1.31. The molecule has 2 N–H and O–H groups in total. The Balaban J connectivity index is 1.90. The van der Waals surface area contributed by atoms with Crippen LogP contribution in [0.25, 0.3) is 0 Å². The fraction of sp³-hybridized carbons (Fsp3) is 0.154. The first-order valence-electron chi connectivity index (χ1n) is 5.72. The Morgan fingerprint density at radius 3 is 2.68 bits per heavy atom. The van der Waals surface area contributed by atoms with E-state index in [4.69, 9.17) is 0 Å². The monoisotopic (exact) mass is 258 g/mol. The van der Waals surface area contributed by atoms with Gasteiger partial charge in [0.1, 0.15) is 5.82 Å². The summed E-state index contributed by atoms with van der Waals surface area (Å²) in [6.07, 6.45) is 4.53. The lowest BCUT2D eigenvalue weighted by atomic mass is 10.3.